The molecule has 1 saturated heterocycles. The van der Waals surface area contributed by atoms with Crippen LogP contribution in [0.15, 0.2) is 47.0 Å². The number of amides is 2. The third-order valence-corrected chi connectivity index (χ3v) is 7.35. The van der Waals surface area contributed by atoms with Gasteiger partial charge in [-0.2, -0.15) is 4.98 Å². The van der Waals surface area contributed by atoms with Crippen molar-refractivity contribution in [2.45, 2.75) is 19.3 Å². The van der Waals surface area contributed by atoms with Crippen LogP contribution in [0.1, 0.15) is 19.3 Å². The van der Waals surface area contributed by atoms with Gasteiger partial charge in [0.1, 0.15) is 0 Å². The molecule has 3 fully saturated rings. The summed E-state index contributed by atoms with van der Waals surface area (Å²) in [6.45, 7) is 0. The zero-order chi connectivity index (χ0) is 22.7. The molecule has 0 radical (unpaired) electrons. The average Bonchev–Trinajstić information content (AvgIpc) is 3.63. The van der Waals surface area contributed by atoms with Gasteiger partial charge >= 0.3 is 0 Å². The molecule has 2 amide bonds. The number of rotatable bonds is 5. The molecule has 4 atom stereocenters. The maximum atomic E-state index is 13.2. The van der Waals surface area contributed by atoms with Gasteiger partial charge in [-0.25, -0.2) is 0 Å². The molecule has 0 unspecified atom stereocenters. The first-order valence-corrected chi connectivity index (χ1v) is 11.1. The highest BCUT2D eigenvalue weighted by molar-refractivity contribution is 6.22. The van der Waals surface area contributed by atoms with Gasteiger partial charge < -0.3 is 14.0 Å². The SMILES string of the molecule is COc1ccc(-c2noc(-c3cccc(N4C(=O)[C@@H]5[C@H]6CC[C@@H](C6)[C@@H]5C4=O)c3)n2)cc1OC. The Balaban J connectivity index is 1.30. The Morgan fingerprint density at radius 3 is 2.33 bits per heavy atom. The summed E-state index contributed by atoms with van der Waals surface area (Å²) in [5.41, 5.74) is 1.92. The van der Waals surface area contributed by atoms with Gasteiger partial charge in [0.2, 0.25) is 17.6 Å². The number of imide groups is 1. The number of fused-ring (bicyclic) bond motifs is 5. The van der Waals surface area contributed by atoms with Crippen LogP contribution in [0.5, 0.6) is 11.5 Å². The van der Waals surface area contributed by atoms with E-state index in [-0.39, 0.29) is 23.7 Å². The summed E-state index contributed by atoms with van der Waals surface area (Å²) < 4.78 is 16.1. The number of aromatic nitrogens is 2. The van der Waals surface area contributed by atoms with Crippen LogP contribution in [0, 0.1) is 23.7 Å². The van der Waals surface area contributed by atoms with E-state index in [1.54, 1.807) is 44.6 Å². The standard InChI is InChI=1S/C25H23N3O5/c1-31-18-9-8-15(12-19(18)32-2)22-26-23(33-27-22)16-4-3-5-17(11-16)28-24(29)20-13-6-7-14(10-13)21(20)25(28)30/h3-5,8-9,11-14,20-21H,6-7,10H2,1-2H3/t13-,14-,20-,21+/m0/s1. The minimum Gasteiger partial charge on any atom is -0.493 e. The Hall–Kier alpha value is -3.68. The van der Waals surface area contributed by atoms with Crippen molar-refractivity contribution in [2.75, 3.05) is 19.1 Å². The van der Waals surface area contributed by atoms with E-state index in [0.717, 1.165) is 19.3 Å². The number of hydrogen-bond acceptors (Lipinski definition) is 7. The summed E-state index contributed by atoms with van der Waals surface area (Å²) in [5, 5.41) is 4.10. The highest BCUT2D eigenvalue weighted by Crippen LogP contribution is 2.56. The normalized spacial score (nSPS) is 25.6. The van der Waals surface area contributed by atoms with Crippen LogP contribution in [-0.4, -0.2) is 36.2 Å². The van der Waals surface area contributed by atoms with Crippen molar-refractivity contribution >= 4 is 17.5 Å². The number of hydrogen-bond donors (Lipinski definition) is 0. The molecule has 2 aliphatic carbocycles. The molecule has 0 spiro atoms. The fourth-order valence-corrected chi connectivity index (χ4v) is 5.87. The van der Waals surface area contributed by atoms with Gasteiger partial charge in [-0.15, -0.1) is 0 Å². The van der Waals surface area contributed by atoms with Crippen LogP contribution in [0.2, 0.25) is 0 Å². The summed E-state index contributed by atoms with van der Waals surface area (Å²) in [4.78, 5) is 32.2. The van der Waals surface area contributed by atoms with Crippen molar-refractivity contribution in [2.24, 2.45) is 23.7 Å². The Morgan fingerprint density at radius 2 is 1.64 bits per heavy atom. The van der Waals surface area contributed by atoms with Crippen LogP contribution >= 0.6 is 0 Å². The second-order valence-corrected chi connectivity index (χ2v) is 8.94. The van der Waals surface area contributed by atoms with E-state index in [4.69, 9.17) is 14.0 Å². The molecular formula is C25H23N3O5. The molecule has 0 N–H and O–H groups in total. The maximum absolute atomic E-state index is 13.2. The van der Waals surface area contributed by atoms with Gasteiger partial charge in [0.05, 0.1) is 31.7 Å². The molecule has 6 rings (SSSR count). The highest BCUT2D eigenvalue weighted by atomic mass is 16.5. The predicted octanol–water partition coefficient (Wildman–Crippen LogP) is 3.96. The summed E-state index contributed by atoms with van der Waals surface area (Å²) in [6.07, 6.45) is 3.13. The van der Waals surface area contributed by atoms with Crippen molar-refractivity contribution in [3.05, 3.63) is 42.5 Å². The van der Waals surface area contributed by atoms with Gasteiger partial charge in [0.15, 0.2) is 11.5 Å². The van der Waals surface area contributed by atoms with Gasteiger partial charge in [-0.1, -0.05) is 11.2 Å². The lowest BCUT2D eigenvalue weighted by atomic mass is 9.81. The summed E-state index contributed by atoms with van der Waals surface area (Å²) in [7, 11) is 3.14. The molecule has 1 aromatic heterocycles. The lowest BCUT2D eigenvalue weighted by Gasteiger charge is -2.19. The third kappa shape index (κ3) is 2.97. The lowest BCUT2D eigenvalue weighted by molar-refractivity contribution is -0.123. The average molecular weight is 445 g/mol. The first-order valence-electron chi connectivity index (χ1n) is 11.1. The minimum atomic E-state index is -0.153. The molecule has 8 nitrogen and oxygen atoms in total. The zero-order valence-electron chi connectivity index (χ0n) is 18.4. The quantitative estimate of drug-likeness (QED) is 0.549. The third-order valence-electron chi connectivity index (χ3n) is 7.35. The maximum Gasteiger partial charge on any atom is 0.258 e. The molecule has 2 saturated carbocycles. The number of ether oxygens (including phenoxy) is 2. The van der Waals surface area contributed by atoms with E-state index in [0.29, 0.717) is 51.9 Å². The van der Waals surface area contributed by atoms with E-state index in [9.17, 15) is 9.59 Å². The number of carbonyl (C=O) groups excluding carboxylic acids is 2. The molecule has 2 bridgehead atoms. The van der Waals surface area contributed by atoms with E-state index in [1.807, 2.05) is 12.1 Å². The van der Waals surface area contributed by atoms with E-state index < -0.39 is 0 Å². The predicted molar refractivity (Wildman–Crippen MR) is 119 cm³/mol. The molecule has 168 valence electrons. The molecule has 3 aromatic rings. The minimum absolute atomic E-state index is 0.0640. The fraction of sp³-hybridized carbons (Fsp3) is 0.360. The van der Waals surface area contributed by atoms with Crippen LogP contribution in [0.3, 0.4) is 0 Å². The Morgan fingerprint density at radius 1 is 0.909 bits per heavy atom. The lowest BCUT2D eigenvalue weighted by Crippen LogP contribution is -2.32. The molecular weight excluding hydrogens is 422 g/mol. The summed E-state index contributed by atoms with van der Waals surface area (Å²) >= 11 is 0. The van der Waals surface area contributed by atoms with Gasteiger partial charge in [-0.05, 0) is 67.5 Å². The number of benzene rings is 2. The first-order chi connectivity index (χ1) is 16.1. The van der Waals surface area contributed by atoms with Crippen LogP contribution in [-0.2, 0) is 9.59 Å². The largest absolute Gasteiger partial charge is 0.493 e. The van der Waals surface area contributed by atoms with Crippen molar-refractivity contribution in [1.29, 1.82) is 0 Å². The topological polar surface area (TPSA) is 94.8 Å². The number of nitrogens with zero attached hydrogens (tertiary/aromatic N) is 3. The fourth-order valence-electron chi connectivity index (χ4n) is 5.87. The van der Waals surface area contributed by atoms with Crippen molar-refractivity contribution < 1.29 is 23.6 Å². The van der Waals surface area contributed by atoms with Crippen LogP contribution in [0.4, 0.5) is 5.69 Å². The van der Waals surface area contributed by atoms with Crippen molar-refractivity contribution in [3.8, 4) is 34.3 Å². The van der Waals surface area contributed by atoms with Gasteiger partial charge in [-0.3, -0.25) is 14.5 Å². The number of carbonyl (C=O) groups is 2. The van der Waals surface area contributed by atoms with E-state index in [2.05, 4.69) is 10.1 Å². The van der Waals surface area contributed by atoms with Crippen LogP contribution < -0.4 is 14.4 Å². The van der Waals surface area contributed by atoms with Gasteiger partial charge in [0, 0.05) is 11.1 Å². The monoisotopic (exact) mass is 445 g/mol. The molecule has 2 aromatic carbocycles. The number of anilines is 1. The smallest absolute Gasteiger partial charge is 0.258 e. The molecule has 2 heterocycles. The van der Waals surface area contributed by atoms with E-state index >= 15 is 0 Å². The molecule has 1 aliphatic heterocycles. The molecule has 8 heteroatoms. The second-order valence-electron chi connectivity index (χ2n) is 8.94. The first kappa shape index (κ1) is 20.0. The Labute approximate surface area is 190 Å². The zero-order valence-corrected chi connectivity index (χ0v) is 18.4. The van der Waals surface area contributed by atoms with E-state index in [1.165, 1.54) is 4.90 Å². The second kappa shape index (κ2) is 7.43. The summed E-state index contributed by atoms with van der Waals surface area (Å²) in [6, 6.07) is 12.6. The van der Waals surface area contributed by atoms with Gasteiger partial charge in [0.25, 0.3) is 5.89 Å². The highest BCUT2D eigenvalue weighted by Gasteiger charge is 2.61. The van der Waals surface area contributed by atoms with Crippen LogP contribution in [0.25, 0.3) is 22.8 Å². The Kier molecular flexibility index (Phi) is 4.50. The van der Waals surface area contributed by atoms with Crippen molar-refractivity contribution in [1.82, 2.24) is 10.1 Å². The van der Waals surface area contributed by atoms with Crippen molar-refractivity contribution in [3.63, 3.8) is 0 Å². The molecule has 3 aliphatic rings. The molecule has 33 heavy (non-hydrogen) atoms. The number of methoxy groups -OCH3 is 2. The Bertz CT molecular complexity index is 1240. The summed E-state index contributed by atoms with van der Waals surface area (Å²) in [5.74, 6) is 2.15.